The molecule has 1 aromatic carbocycles. The standard InChI is InChI=1S/C12H12O3/c1-3-10(4-2)14-12(13)15-11-8-6-5-7-9-11/h1,5-10H,4H2,2H3. The highest BCUT2D eigenvalue weighted by molar-refractivity contribution is 5.64. The predicted molar refractivity (Wildman–Crippen MR) is 56.5 cm³/mol. The molecule has 0 aliphatic carbocycles. The number of rotatable bonds is 3. The molecule has 0 heterocycles. The minimum atomic E-state index is -0.772. The van der Waals surface area contributed by atoms with Crippen molar-refractivity contribution < 1.29 is 14.3 Å². The van der Waals surface area contributed by atoms with E-state index in [0.29, 0.717) is 12.2 Å². The number of hydrogen-bond donors (Lipinski definition) is 0. The van der Waals surface area contributed by atoms with Crippen LogP contribution < -0.4 is 4.74 Å². The largest absolute Gasteiger partial charge is 0.515 e. The highest BCUT2D eigenvalue weighted by atomic mass is 16.7. The summed E-state index contributed by atoms with van der Waals surface area (Å²) in [5.41, 5.74) is 0. The Kier molecular flexibility index (Phi) is 4.24. The number of carbonyl (C=O) groups is 1. The Balaban J connectivity index is 2.47. The molecule has 0 aliphatic heterocycles. The predicted octanol–water partition coefficient (Wildman–Crippen LogP) is 2.61. The van der Waals surface area contributed by atoms with Crippen LogP contribution in [0.2, 0.25) is 0 Å². The van der Waals surface area contributed by atoms with Crippen LogP contribution in [0.3, 0.4) is 0 Å². The highest BCUT2D eigenvalue weighted by Crippen LogP contribution is 2.10. The summed E-state index contributed by atoms with van der Waals surface area (Å²) in [6, 6.07) is 8.69. The van der Waals surface area contributed by atoms with Crippen LogP contribution in [0.4, 0.5) is 4.79 Å². The summed E-state index contributed by atoms with van der Waals surface area (Å²) in [5, 5.41) is 0. The number of carbonyl (C=O) groups excluding carboxylic acids is 1. The van der Waals surface area contributed by atoms with Gasteiger partial charge in [0.2, 0.25) is 0 Å². The van der Waals surface area contributed by atoms with Crippen molar-refractivity contribution in [2.75, 3.05) is 0 Å². The van der Waals surface area contributed by atoms with E-state index in [1.807, 2.05) is 13.0 Å². The third kappa shape index (κ3) is 3.74. The van der Waals surface area contributed by atoms with E-state index in [0.717, 1.165) is 0 Å². The Morgan fingerprint density at radius 2 is 2.13 bits per heavy atom. The van der Waals surface area contributed by atoms with E-state index in [1.54, 1.807) is 24.3 Å². The van der Waals surface area contributed by atoms with Gasteiger partial charge in [-0.25, -0.2) is 4.79 Å². The first-order chi connectivity index (χ1) is 7.26. The Morgan fingerprint density at radius 3 is 2.67 bits per heavy atom. The van der Waals surface area contributed by atoms with Gasteiger partial charge in [-0.05, 0) is 18.6 Å². The van der Waals surface area contributed by atoms with E-state index in [4.69, 9.17) is 15.9 Å². The molecule has 1 rings (SSSR count). The molecule has 0 spiro atoms. The van der Waals surface area contributed by atoms with E-state index in [9.17, 15) is 4.79 Å². The van der Waals surface area contributed by atoms with Gasteiger partial charge in [0.05, 0.1) is 0 Å². The van der Waals surface area contributed by atoms with Gasteiger partial charge in [-0.15, -0.1) is 6.42 Å². The zero-order valence-electron chi connectivity index (χ0n) is 8.47. The molecule has 0 fully saturated rings. The van der Waals surface area contributed by atoms with Crippen molar-refractivity contribution in [1.82, 2.24) is 0 Å². The quantitative estimate of drug-likeness (QED) is 0.431. The minimum Gasteiger partial charge on any atom is -0.417 e. The molecule has 0 saturated heterocycles. The lowest BCUT2D eigenvalue weighted by Crippen LogP contribution is -2.18. The molecule has 0 aromatic heterocycles. The molecule has 3 nitrogen and oxygen atoms in total. The fourth-order valence-corrected chi connectivity index (χ4v) is 0.960. The van der Waals surface area contributed by atoms with Gasteiger partial charge >= 0.3 is 6.16 Å². The zero-order valence-corrected chi connectivity index (χ0v) is 8.47. The molecule has 0 saturated carbocycles. The topological polar surface area (TPSA) is 35.5 Å². The van der Waals surface area contributed by atoms with Crippen molar-refractivity contribution >= 4 is 6.16 Å². The Labute approximate surface area is 89.0 Å². The number of benzene rings is 1. The van der Waals surface area contributed by atoms with Crippen molar-refractivity contribution in [3.8, 4) is 18.1 Å². The molecule has 1 atom stereocenters. The van der Waals surface area contributed by atoms with Gasteiger partial charge in [0.15, 0.2) is 6.10 Å². The van der Waals surface area contributed by atoms with Gasteiger partial charge in [0.1, 0.15) is 5.75 Å². The van der Waals surface area contributed by atoms with Crippen LogP contribution in [0.15, 0.2) is 30.3 Å². The number of para-hydroxylation sites is 1. The summed E-state index contributed by atoms with van der Waals surface area (Å²) in [6.45, 7) is 1.83. The molecule has 78 valence electrons. The summed E-state index contributed by atoms with van der Waals surface area (Å²) in [5.74, 6) is 2.78. The maximum Gasteiger partial charge on any atom is 0.515 e. The van der Waals surface area contributed by atoms with E-state index < -0.39 is 12.3 Å². The Bertz CT molecular complexity index is 351. The first-order valence-corrected chi connectivity index (χ1v) is 4.66. The molecule has 1 unspecified atom stereocenters. The van der Waals surface area contributed by atoms with Gasteiger partial charge in [-0.1, -0.05) is 31.0 Å². The van der Waals surface area contributed by atoms with Gasteiger partial charge in [0.25, 0.3) is 0 Å². The van der Waals surface area contributed by atoms with Crippen LogP contribution in [0.5, 0.6) is 5.75 Å². The minimum absolute atomic E-state index is 0.439. The monoisotopic (exact) mass is 204 g/mol. The third-order valence-corrected chi connectivity index (χ3v) is 1.74. The molecule has 0 aliphatic rings. The van der Waals surface area contributed by atoms with Gasteiger partial charge in [-0.3, -0.25) is 0 Å². The smallest absolute Gasteiger partial charge is 0.417 e. The van der Waals surface area contributed by atoms with Gasteiger partial charge < -0.3 is 9.47 Å². The molecule has 3 heteroatoms. The summed E-state index contributed by atoms with van der Waals surface area (Å²) in [7, 11) is 0. The van der Waals surface area contributed by atoms with Crippen LogP contribution in [0.25, 0.3) is 0 Å². The van der Waals surface area contributed by atoms with Crippen LogP contribution in [-0.4, -0.2) is 12.3 Å². The molecule has 15 heavy (non-hydrogen) atoms. The summed E-state index contributed by atoms with van der Waals surface area (Å²) in [4.78, 5) is 11.2. The average molecular weight is 204 g/mol. The normalized spacial score (nSPS) is 11.2. The highest BCUT2D eigenvalue weighted by Gasteiger charge is 2.11. The first kappa shape index (κ1) is 11.1. The van der Waals surface area contributed by atoms with Crippen LogP contribution in [0, 0.1) is 12.3 Å². The number of terminal acetylenes is 1. The summed E-state index contributed by atoms with van der Waals surface area (Å²) < 4.78 is 9.75. The van der Waals surface area contributed by atoms with E-state index in [1.165, 1.54) is 0 Å². The van der Waals surface area contributed by atoms with Crippen LogP contribution in [-0.2, 0) is 4.74 Å². The molecule has 1 aromatic rings. The second kappa shape index (κ2) is 5.71. The maximum absolute atomic E-state index is 11.2. The lowest BCUT2D eigenvalue weighted by molar-refractivity contribution is 0.0782. The summed E-state index contributed by atoms with van der Waals surface area (Å²) in [6.07, 6.45) is 4.41. The molecule has 0 amide bonds. The van der Waals surface area contributed by atoms with E-state index in [2.05, 4.69) is 5.92 Å². The van der Waals surface area contributed by atoms with Gasteiger partial charge in [-0.2, -0.15) is 0 Å². The SMILES string of the molecule is C#CC(CC)OC(=O)Oc1ccccc1. The second-order valence-electron chi connectivity index (χ2n) is 2.85. The third-order valence-electron chi connectivity index (χ3n) is 1.74. The molecule has 0 bridgehead atoms. The van der Waals surface area contributed by atoms with Crippen molar-refractivity contribution in [3.63, 3.8) is 0 Å². The van der Waals surface area contributed by atoms with Gasteiger partial charge in [0, 0.05) is 0 Å². The van der Waals surface area contributed by atoms with Crippen LogP contribution in [0.1, 0.15) is 13.3 Å². The fraction of sp³-hybridized carbons (Fsp3) is 0.250. The lowest BCUT2D eigenvalue weighted by Gasteiger charge is -2.09. The van der Waals surface area contributed by atoms with E-state index in [-0.39, 0.29) is 0 Å². The first-order valence-electron chi connectivity index (χ1n) is 4.66. The molecule has 0 N–H and O–H groups in total. The van der Waals surface area contributed by atoms with Crippen molar-refractivity contribution in [1.29, 1.82) is 0 Å². The van der Waals surface area contributed by atoms with E-state index >= 15 is 0 Å². The fourth-order valence-electron chi connectivity index (χ4n) is 0.960. The van der Waals surface area contributed by atoms with Crippen molar-refractivity contribution in [2.45, 2.75) is 19.4 Å². The summed E-state index contributed by atoms with van der Waals surface area (Å²) >= 11 is 0. The average Bonchev–Trinajstić information content (AvgIpc) is 2.27. The zero-order chi connectivity index (χ0) is 11.1. The van der Waals surface area contributed by atoms with Crippen molar-refractivity contribution in [3.05, 3.63) is 30.3 Å². The molecular formula is C12H12O3. The number of ether oxygens (including phenoxy) is 2. The molecular weight excluding hydrogens is 192 g/mol. The Morgan fingerprint density at radius 1 is 1.47 bits per heavy atom. The number of hydrogen-bond acceptors (Lipinski definition) is 3. The Hall–Kier alpha value is -1.95. The lowest BCUT2D eigenvalue weighted by atomic mass is 10.3. The second-order valence-corrected chi connectivity index (χ2v) is 2.85. The molecule has 0 radical (unpaired) electrons. The van der Waals surface area contributed by atoms with Crippen molar-refractivity contribution in [2.24, 2.45) is 0 Å². The van der Waals surface area contributed by atoms with Crippen LogP contribution >= 0.6 is 0 Å². The maximum atomic E-state index is 11.2.